The molecule has 1 nitrogen and oxygen atoms in total. The third-order valence-electron chi connectivity index (χ3n) is 3.14. The molecule has 0 aromatic heterocycles. The Bertz CT molecular complexity index is 117. The summed E-state index contributed by atoms with van der Waals surface area (Å²) in [6.45, 7) is 7.50. The number of unbranched alkanes of at least 4 members (excludes halogenated alkanes) is 6. The molecule has 0 amide bonds. The summed E-state index contributed by atoms with van der Waals surface area (Å²) in [7, 11) is 0. The van der Waals surface area contributed by atoms with Gasteiger partial charge in [-0.25, -0.2) is 0 Å². The van der Waals surface area contributed by atoms with Gasteiger partial charge in [0.15, 0.2) is 0 Å². The van der Waals surface area contributed by atoms with Crippen LogP contribution in [0.5, 0.6) is 0 Å². The van der Waals surface area contributed by atoms with E-state index in [1.807, 2.05) is 0 Å². The standard InChI is InChI=1S/C15H32O/c1-4-7-8-9-10-11-12-14-15(13-5-2)16-6-3/h15H,4-14H2,1-3H3. The molecule has 1 atom stereocenters. The molecule has 98 valence electrons. The van der Waals surface area contributed by atoms with Crippen molar-refractivity contribution in [1.29, 1.82) is 0 Å². The molecule has 1 heteroatoms. The van der Waals surface area contributed by atoms with Crippen LogP contribution in [-0.2, 0) is 4.74 Å². The fourth-order valence-corrected chi connectivity index (χ4v) is 2.20. The van der Waals surface area contributed by atoms with E-state index in [4.69, 9.17) is 4.74 Å². The molecule has 1 unspecified atom stereocenters. The van der Waals surface area contributed by atoms with Crippen LogP contribution >= 0.6 is 0 Å². The Morgan fingerprint density at radius 2 is 1.31 bits per heavy atom. The number of rotatable bonds is 12. The van der Waals surface area contributed by atoms with Crippen molar-refractivity contribution in [3.8, 4) is 0 Å². The highest BCUT2D eigenvalue weighted by Crippen LogP contribution is 2.14. The Kier molecular flexibility index (Phi) is 13.0. The zero-order valence-electron chi connectivity index (χ0n) is 11.8. The minimum Gasteiger partial charge on any atom is -0.379 e. The van der Waals surface area contributed by atoms with E-state index in [9.17, 15) is 0 Å². The lowest BCUT2D eigenvalue weighted by atomic mass is 10.0. The first-order valence-corrected chi connectivity index (χ1v) is 7.46. The Balaban J connectivity index is 3.25. The molecule has 0 bridgehead atoms. The third kappa shape index (κ3) is 10.5. The van der Waals surface area contributed by atoms with Crippen LogP contribution in [0.25, 0.3) is 0 Å². The first-order chi connectivity index (χ1) is 7.85. The molecule has 0 aromatic carbocycles. The summed E-state index contributed by atoms with van der Waals surface area (Å²) < 4.78 is 5.73. The van der Waals surface area contributed by atoms with Gasteiger partial charge >= 0.3 is 0 Å². The van der Waals surface area contributed by atoms with Crippen molar-refractivity contribution in [2.75, 3.05) is 6.61 Å². The van der Waals surface area contributed by atoms with E-state index < -0.39 is 0 Å². The molecule has 0 heterocycles. The van der Waals surface area contributed by atoms with E-state index in [2.05, 4.69) is 20.8 Å². The Morgan fingerprint density at radius 1 is 0.688 bits per heavy atom. The van der Waals surface area contributed by atoms with Gasteiger partial charge in [-0.2, -0.15) is 0 Å². The van der Waals surface area contributed by atoms with Crippen LogP contribution in [0, 0.1) is 0 Å². The summed E-state index contributed by atoms with van der Waals surface area (Å²) >= 11 is 0. The third-order valence-corrected chi connectivity index (χ3v) is 3.14. The second-order valence-electron chi connectivity index (χ2n) is 4.78. The highest BCUT2D eigenvalue weighted by atomic mass is 16.5. The van der Waals surface area contributed by atoms with Crippen LogP contribution < -0.4 is 0 Å². The van der Waals surface area contributed by atoms with E-state index in [0.717, 1.165) is 6.61 Å². The van der Waals surface area contributed by atoms with Crippen molar-refractivity contribution in [3.05, 3.63) is 0 Å². The molecular formula is C15H32O. The van der Waals surface area contributed by atoms with Gasteiger partial charge in [0.2, 0.25) is 0 Å². The van der Waals surface area contributed by atoms with Crippen LogP contribution in [-0.4, -0.2) is 12.7 Å². The lowest BCUT2D eigenvalue weighted by Gasteiger charge is -2.15. The van der Waals surface area contributed by atoms with Gasteiger partial charge in [0.1, 0.15) is 0 Å². The van der Waals surface area contributed by atoms with Gasteiger partial charge in [0.05, 0.1) is 6.10 Å². The first-order valence-electron chi connectivity index (χ1n) is 7.46. The predicted molar refractivity (Wildman–Crippen MR) is 72.9 cm³/mol. The summed E-state index contributed by atoms with van der Waals surface area (Å²) in [5.41, 5.74) is 0. The van der Waals surface area contributed by atoms with Gasteiger partial charge in [-0.15, -0.1) is 0 Å². The summed E-state index contributed by atoms with van der Waals surface area (Å²) in [6.07, 6.45) is 14.1. The SMILES string of the molecule is CCCCCCCCCC(CCC)OCC. The fourth-order valence-electron chi connectivity index (χ4n) is 2.20. The van der Waals surface area contributed by atoms with Crippen LogP contribution in [0.3, 0.4) is 0 Å². The summed E-state index contributed by atoms with van der Waals surface area (Å²) in [4.78, 5) is 0. The minimum atomic E-state index is 0.533. The molecule has 0 aliphatic rings. The molecule has 0 aliphatic carbocycles. The Hall–Kier alpha value is -0.0400. The molecular weight excluding hydrogens is 196 g/mol. The molecule has 0 aliphatic heterocycles. The maximum Gasteiger partial charge on any atom is 0.0574 e. The lowest BCUT2D eigenvalue weighted by molar-refractivity contribution is 0.0484. The molecule has 0 rings (SSSR count). The highest BCUT2D eigenvalue weighted by Gasteiger charge is 2.06. The second kappa shape index (κ2) is 13.0. The molecule has 0 radical (unpaired) electrons. The normalized spacial score (nSPS) is 12.9. The maximum absolute atomic E-state index is 5.73. The number of hydrogen-bond donors (Lipinski definition) is 0. The summed E-state index contributed by atoms with van der Waals surface area (Å²) in [5, 5.41) is 0. The molecule has 16 heavy (non-hydrogen) atoms. The average molecular weight is 228 g/mol. The molecule has 0 saturated heterocycles. The van der Waals surface area contributed by atoms with Crippen LogP contribution in [0.2, 0.25) is 0 Å². The van der Waals surface area contributed by atoms with E-state index in [0.29, 0.717) is 6.10 Å². The van der Waals surface area contributed by atoms with Crippen molar-refractivity contribution in [1.82, 2.24) is 0 Å². The lowest BCUT2D eigenvalue weighted by Crippen LogP contribution is -2.12. The van der Waals surface area contributed by atoms with E-state index >= 15 is 0 Å². The zero-order valence-corrected chi connectivity index (χ0v) is 11.8. The molecule has 0 aromatic rings. The highest BCUT2D eigenvalue weighted by molar-refractivity contribution is 4.58. The largest absolute Gasteiger partial charge is 0.379 e. The summed E-state index contributed by atoms with van der Waals surface area (Å²) in [6, 6.07) is 0. The second-order valence-corrected chi connectivity index (χ2v) is 4.78. The van der Waals surface area contributed by atoms with Gasteiger partial charge in [-0.05, 0) is 19.8 Å². The smallest absolute Gasteiger partial charge is 0.0574 e. The van der Waals surface area contributed by atoms with Crippen LogP contribution in [0.15, 0.2) is 0 Å². The maximum atomic E-state index is 5.73. The van der Waals surface area contributed by atoms with Gasteiger partial charge < -0.3 is 4.74 Å². The van der Waals surface area contributed by atoms with Crippen molar-refractivity contribution in [3.63, 3.8) is 0 Å². The van der Waals surface area contributed by atoms with Crippen molar-refractivity contribution in [2.45, 2.75) is 91.1 Å². The average Bonchev–Trinajstić information content (AvgIpc) is 2.28. The van der Waals surface area contributed by atoms with Gasteiger partial charge in [-0.1, -0.05) is 65.2 Å². The molecule has 0 spiro atoms. The Labute approximate surface area is 103 Å². The van der Waals surface area contributed by atoms with E-state index in [-0.39, 0.29) is 0 Å². The van der Waals surface area contributed by atoms with Gasteiger partial charge in [0, 0.05) is 6.61 Å². The summed E-state index contributed by atoms with van der Waals surface area (Å²) in [5.74, 6) is 0. The van der Waals surface area contributed by atoms with Crippen molar-refractivity contribution >= 4 is 0 Å². The predicted octanol–water partition coefficient (Wildman–Crippen LogP) is 5.33. The number of ether oxygens (including phenoxy) is 1. The first kappa shape index (κ1) is 16.0. The van der Waals surface area contributed by atoms with Crippen LogP contribution in [0.4, 0.5) is 0 Å². The Morgan fingerprint density at radius 3 is 1.88 bits per heavy atom. The quantitative estimate of drug-likeness (QED) is 0.410. The van der Waals surface area contributed by atoms with Crippen molar-refractivity contribution in [2.24, 2.45) is 0 Å². The van der Waals surface area contributed by atoms with E-state index in [1.54, 1.807) is 0 Å². The molecule has 0 saturated carbocycles. The molecule has 0 fully saturated rings. The topological polar surface area (TPSA) is 9.23 Å². The fraction of sp³-hybridized carbons (Fsp3) is 1.00. The minimum absolute atomic E-state index is 0.533. The monoisotopic (exact) mass is 228 g/mol. The zero-order chi connectivity index (χ0) is 12.1. The van der Waals surface area contributed by atoms with Crippen molar-refractivity contribution < 1.29 is 4.74 Å². The van der Waals surface area contributed by atoms with E-state index in [1.165, 1.54) is 64.2 Å². The molecule has 0 N–H and O–H groups in total. The van der Waals surface area contributed by atoms with Gasteiger partial charge in [-0.3, -0.25) is 0 Å². The van der Waals surface area contributed by atoms with Gasteiger partial charge in [0.25, 0.3) is 0 Å². The van der Waals surface area contributed by atoms with Crippen LogP contribution in [0.1, 0.15) is 85.0 Å². The number of hydrogen-bond acceptors (Lipinski definition) is 1.